The lowest BCUT2D eigenvalue weighted by Gasteiger charge is -2.35. The standard InChI is InChI=1S/C72H61N/c1-5-16-52(17-6-1)64-26-15-27-69-71(64)65-43-42-63(48-70(65)72(69,59-22-9-3-10-23-59)60-24-11-4-12-25-60)73(61-38-34-51(35-39-61)50-30-32-54(33-31-50)66-45-49-28-29-58(66)44-49)62-40-36-55(37-41-62)68-47-57-21-14-13-20-56(57)46-67(68)53-18-7-2-8-19-53/h2-4,7-15,18-27,30-43,46-49,52,58,66H,1,5-6,16-17,28-29,44-45H2. The number of rotatable bonds is 10. The van der Waals surface area contributed by atoms with Crippen LogP contribution in [0.25, 0.3) is 55.3 Å². The van der Waals surface area contributed by atoms with Crippen LogP contribution in [0, 0.1) is 11.8 Å². The molecule has 10 aromatic carbocycles. The quantitative estimate of drug-likeness (QED) is 0.132. The fraction of sp³-hybridized carbons (Fsp3) is 0.194. The van der Waals surface area contributed by atoms with Gasteiger partial charge in [0.15, 0.2) is 0 Å². The van der Waals surface area contributed by atoms with Crippen molar-refractivity contribution in [1.29, 1.82) is 0 Å². The molecule has 0 amide bonds. The molecule has 73 heavy (non-hydrogen) atoms. The molecule has 3 fully saturated rings. The molecule has 4 aliphatic carbocycles. The highest BCUT2D eigenvalue weighted by Crippen LogP contribution is 2.60. The van der Waals surface area contributed by atoms with Gasteiger partial charge in [-0.25, -0.2) is 0 Å². The second kappa shape index (κ2) is 18.4. The molecule has 4 aliphatic rings. The van der Waals surface area contributed by atoms with E-state index in [9.17, 15) is 0 Å². The summed E-state index contributed by atoms with van der Waals surface area (Å²) in [5, 5.41) is 2.49. The van der Waals surface area contributed by atoms with Gasteiger partial charge in [-0.3, -0.25) is 0 Å². The number of hydrogen-bond acceptors (Lipinski definition) is 1. The summed E-state index contributed by atoms with van der Waals surface area (Å²) in [7, 11) is 0. The topological polar surface area (TPSA) is 3.24 Å². The Morgan fingerprint density at radius 2 is 0.918 bits per heavy atom. The zero-order valence-electron chi connectivity index (χ0n) is 41.6. The summed E-state index contributed by atoms with van der Waals surface area (Å²) in [4.78, 5) is 2.50. The van der Waals surface area contributed by atoms with Gasteiger partial charge in [0.25, 0.3) is 0 Å². The van der Waals surface area contributed by atoms with Crippen molar-refractivity contribution in [3.05, 3.63) is 270 Å². The van der Waals surface area contributed by atoms with Crippen molar-refractivity contribution in [2.24, 2.45) is 11.8 Å². The average molecular weight is 940 g/mol. The highest BCUT2D eigenvalue weighted by Gasteiger charge is 2.48. The Hall–Kier alpha value is -7.74. The first-order chi connectivity index (χ1) is 36.2. The first-order valence-corrected chi connectivity index (χ1v) is 27.3. The lowest BCUT2D eigenvalue weighted by atomic mass is 9.67. The van der Waals surface area contributed by atoms with Crippen LogP contribution < -0.4 is 4.90 Å². The van der Waals surface area contributed by atoms with Crippen LogP contribution in [0.3, 0.4) is 0 Å². The maximum Gasteiger partial charge on any atom is 0.0714 e. The number of fused-ring (bicyclic) bond motifs is 6. The van der Waals surface area contributed by atoms with Crippen LogP contribution >= 0.6 is 0 Å². The van der Waals surface area contributed by atoms with Gasteiger partial charge in [-0.2, -0.15) is 0 Å². The molecule has 3 atom stereocenters. The monoisotopic (exact) mass is 939 g/mol. The van der Waals surface area contributed by atoms with Crippen molar-refractivity contribution < 1.29 is 0 Å². The zero-order valence-corrected chi connectivity index (χ0v) is 41.6. The Morgan fingerprint density at radius 1 is 0.370 bits per heavy atom. The summed E-state index contributed by atoms with van der Waals surface area (Å²) in [6.45, 7) is 0. The second-order valence-electron chi connectivity index (χ2n) is 21.8. The summed E-state index contributed by atoms with van der Waals surface area (Å²) >= 11 is 0. The van der Waals surface area contributed by atoms with E-state index < -0.39 is 5.41 Å². The van der Waals surface area contributed by atoms with Crippen LogP contribution in [0.15, 0.2) is 237 Å². The van der Waals surface area contributed by atoms with Crippen molar-refractivity contribution in [1.82, 2.24) is 0 Å². The van der Waals surface area contributed by atoms with Gasteiger partial charge in [0.1, 0.15) is 0 Å². The summed E-state index contributed by atoms with van der Waals surface area (Å²) in [5.74, 6) is 3.13. The molecule has 2 bridgehead atoms. The van der Waals surface area contributed by atoms with Crippen molar-refractivity contribution in [2.45, 2.75) is 75.0 Å². The number of hydrogen-bond donors (Lipinski definition) is 0. The van der Waals surface area contributed by atoms with Gasteiger partial charge in [0, 0.05) is 17.1 Å². The van der Waals surface area contributed by atoms with Crippen LogP contribution in [-0.2, 0) is 5.41 Å². The van der Waals surface area contributed by atoms with Crippen LogP contribution in [0.5, 0.6) is 0 Å². The lowest BCUT2D eigenvalue weighted by molar-refractivity contribution is 0.420. The summed E-state index contributed by atoms with van der Waals surface area (Å²) in [5.41, 5.74) is 21.5. The normalized spacial score (nSPS) is 18.7. The van der Waals surface area contributed by atoms with Crippen LogP contribution in [0.4, 0.5) is 17.1 Å². The Bertz CT molecular complexity index is 3550. The minimum atomic E-state index is -0.513. The molecule has 1 nitrogen and oxygen atoms in total. The molecule has 10 aromatic rings. The molecule has 0 spiro atoms. The van der Waals surface area contributed by atoms with Crippen LogP contribution in [-0.4, -0.2) is 0 Å². The fourth-order valence-corrected chi connectivity index (χ4v) is 14.4. The van der Waals surface area contributed by atoms with E-state index in [1.807, 2.05) is 0 Å². The van der Waals surface area contributed by atoms with Crippen LogP contribution in [0.1, 0.15) is 103 Å². The zero-order chi connectivity index (χ0) is 48.3. The first-order valence-electron chi connectivity index (χ1n) is 27.3. The molecule has 3 saturated carbocycles. The van der Waals surface area contributed by atoms with Gasteiger partial charge in [0.2, 0.25) is 0 Å². The van der Waals surface area contributed by atoms with Crippen molar-refractivity contribution >= 4 is 27.8 Å². The van der Waals surface area contributed by atoms with Crippen molar-refractivity contribution in [3.8, 4) is 44.5 Å². The van der Waals surface area contributed by atoms with Gasteiger partial charge < -0.3 is 4.90 Å². The number of anilines is 3. The molecule has 0 heterocycles. The minimum Gasteiger partial charge on any atom is -0.310 e. The van der Waals surface area contributed by atoms with Gasteiger partial charge in [-0.15, -0.1) is 0 Å². The molecule has 14 rings (SSSR count). The molecule has 0 aromatic heterocycles. The molecule has 1 heteroatoms. The first kappa shape index (κ1) is 44.0. The van der Waals surface area contributed by atoms with E-state index in [1.54, 1.807) is 0 Å². The minimum absolute atomic E-state index is 0.513. The van der Waals surface area contributed by atoms with E-state index in [2.05, 4.69) is 241 Å². The SMILES string of the molecule is c1ccc(-c2cc3ccccc3cc2-c2ccc(N(c3ccc(-c4ccc(C5CC6CCC5C6)cc4)cc3)c3ccc4c(c3)C(c3ccccc3)(c3ccccc3)c3cccc(C5CCCCC5)c3-4)cc2)cc1. The molecular weight excluding hydrogens is 879 g/mol. The molecule has 0 aliphatic heterocycles. The molecule has 3 unspecified atom stereocenters. The Labute approximate surface area is 431 Å². The number of benzene rings is 10. The van der Waals surface area contributed by atoms with E-state index >= 15 is 0 Å². The fourth-order valence-electron chi connectivity index (χ4n) is 14.4. The Kier molecular flexibility index (Phi) is 11.1. The molecule has 0 radical (unpaired) electrons. The lowest BCUT2D eigenvalue weighted by Crippen LogP contribution is -2.29. The van der Waals surface area contributed by atoms with E-state index in [0.29, 0.717) is 5.92 Å². The molecular formula is C72H61N. The summed E-state index contributed by atoms with van der Waals surface area (Å²) in [6.07, 6.45) is 12.1. The van der Waals surface area contributed by atoms with E-state index in [4.69, 9.17) is 0 Å². The van der Waals surface area contributed by atoms with Gasteiger partial charge in [-0.05, 0) is 193 Å². The van der Waals surface area contributed by atoms with Gasteiger partial charge >= 0.3 is 0 Å². The van der Waals surface area contributed by atoms with E-state index in [-0.39, 0.29) is 0 Å². The van der Waals surface area contributed by atoms with Crippen molar-refractivity contribution in [2.75, 3.05) is 4.90 Å². The Balaban J connectivity index is 0.930. The Morgan fingerprint density at radius 3 is 1.51 bits per heavy atom. The summed E-state index contributed by atoms with van der Waals surface area (Å²) in [6, 6.07) is 90.0. The third-order valence-electron chi connectivity index (χ3n) is 17.8. The van der Waals surface area contributed by atoms with Crippen LogP contribution in [0.2, 0.25) is 0 Å². The van der Waals surface area contributed by atoms with Crippen molar-refractivity contribution in [3.63, 3.8) is 0 Å². The summed E-state index contributed by atoms with van der Waals surface area (Å²) < 4.78 is 0. The third-order valence-corrected chi connectivity index (χ3v) is 17.8. The highest BCUT2D eigenvalue weighted by molar-refractivity contribution is 5.97. The second-order valence-corrected chi connectivity index (χ2v) is 21.8. The third kappa shape index (κ3) is 7.58. The molecule has 0 N–H and O–H groups in total. The highest BCUT2D eigenvalue weighted by atomic mass is 15.1. The average Bonchev–Trinajstić information content (AvgIpc) is 4.20. The maximum absolute atomic E-state index is 2.55. The van der Waals surface area contributed by atoms with E-state index in [0.717, 1.165) is 34.8 Å². The largest absolute Gasteiger partial charge is 0.310 e. The maximum atomic E-state index is 2.55. The van der Waals surface area contributed by atoms with E-state index in [1.165, 1.54) is 146 Å². The van der Waals surface area contributed by atoms with Gasteiger partial charge in [0.05, 0.1) is 5.41 Å². The predicted octanol–water partition coefficient (Wildman–Crippen LogP) is 19.6. The predicted molar refractivity (Wildman–Crippen MR) is 306 cm³/mol. The number of nitrogens with zero attached hydrogens (tertiary/aromatic N) is 1. The molecule has 354 valence electrons. The smallest absolute Gasteiger partial charge is 0.0714 e. The van der Waals surface area contributed by atoms with Gasteiger partial charge in [-0.1, -0.05) is 214 Å². The molecule has 0 saturated heterocycles.